The summed E-state index contributed by atoms with van der Waals surface area (Å²) in [7, 11) is 0. The van der Waals surface area contributed by atoms with Crippen LogP contribution in [0.2, 0.25) is 10.0 Å². The Kier molecular flexibility index (Phi) is 3.97. The molecule has 0 fully saturated rings. The zero-order valence-electron chi connectivity index (χ0n) is 9.11. The summed E-state index contributed by atoms with van der Waals surface area (Å²) >= 11 is 13.7. The van der Waals surface area contributed by atoms with Crippen LogP contribution in [0.25, 0.3) is 0 Å². The number of hydrogen-bond acceptors (Lipinski definition) is 3. The van der Waals surface area contributed by atoms with E-state index in [-0.39, 0.29) is 12.5 Å². The third kappa shape index (κ3) is 2.44. The number of amides is 1. The third-order valence-corrected chi connectivity index (χ3v) is 3.69. The number of anilines is 1. The van der Waals surface area contributed by atoms with E-state index in [1.165, 1.54) is 16.7 Å². The van der Waals surface area contributed by atoms with E-state index in [4.69, 9.17) is 23.2 Å². The first-order valence-corrected chi connectivity index (χ1v) is 6.83. The molecule has 0 aromatic heterocycles. The first-order chi connectivity index (χ1) is 8.15. The number of nitrogens with zero attached hydrogens (tertiary/aromatic N) is 2. The van der Waals surface area contributed by atoms with Gasteiger partial charge in [0.1, 0.15) is 6.54 Å². The van der Waals surface area contributed by atoms with Gasteiger partial charge in [-0.15, -0.1) is 0 Å². The number of thioether (sulfide) groups is 1. The van der Waals surface area contributed by atoms with Gasteiger partial charge in [-0.1, -0.05) is 48.0 Å². The summed E-state index contributed by atoms with van der Waals surface area (Å²) in [6.07, 6.45) is 0. The molecule has 6 heteroatoms. The Morgan fingerprint density at radius 3 is 2.65 bits per heavy atom. The smallest absolute Gasteiger partial charge is 0.254 e. The summed E-state index contributed by atoms with van der Waals surface area (Å²) in [4.78, 5) is 17.5. The second kappa shape index (κ2) is 5.29. The molecule has 0 aliphatic carbocycles. The molecule has 1 aromatic rings. The van der Waals surface area contributed by atoms with Crippen LogP contribution in [0.1, 0.15) is 6.92 Å². The van der Waals surface area contributed by atoms with E-state index in [1.807, 2.05) is 6.92 Å². The maximum absolute atomic E-state index is 11.8. The molecule has 0 radical (unpaired) electrons. The molecule has 0 bridgehead atoms. The Morgan fingerprint density at radius 1 is 1.41 bits per heavy atom. The van der Waals surface area contributed by atoms with Gasteiger partial charge in [-0.05, 0) is 17.9 Å². The summed E-state index contributed by atoms with van der Waals surface area (Å²) in [5, 5.41) is 1.57. The minimum atomic E-state index is -0.101. The van der Waals surface area contributed by atoms with Gasteiger partial charge in [0.15, 0.2) is 5.17 Å². The van der Waals surface area contributed by atoms with Crippen LogP contribution >= 0.6 is 35.0 Å². The Balaban J connectivity index is 2.44. The molecule has 0 N–H and O–H groups in total. The lowest BCUT2D eigenvalue weighted by atomic mass is 10.3. The van der Waals surface area contributed by atoms with E-state index >= 15 is 0 Å². The first kappa shape index (κ1) is 12.7. The maximum Gasteiger partial charge on any atom is 0.254 e. The number of aliphatic imine (C=N–C) groups is 1. The molecule has 0 atom stereocenters. The molecule has 1 amide bonds. The van der Waals surface area contributed by atoms with Crippen molar-refractivity contribution in [2.24, 2.45) is 4.99 Å². The average Bonchev–Trinajstić information content (AvgIpc) is 2.62. The summed E-state index contributed by atoms with van der Waals surface area (Å²) in [6.45, 7) is 2.16. The molecule has 1 aliphatic rings. The number of amidine groups is 1. The Bertz CT molecular complexity index is 470. The van der Waals surface area contributed by atoms with E-state index in [0.29, 0.717) is 20.9 Å². The second-order valence-electron chi connectivity index (χ2n) is 3.33. The van der Waals surface area contributed by atoms with Crippen molar-refractivity contribution in [3.8, 4) is 0 Å². The number of carbonyl (C=O) groups excluding carboxylic acids is 1. The molecule has 17 heavy (non-hydrogen) atoms. The summed E-state index contributed by atoms with van der Waals surface area (Å²) in [5.74, 6) is 0.737. The van der Waals surface area contributed by atoms with Crippen LogP contribution in [0.4, 0.5) is 5.69 Å². The molecule has 0 unspecified atom stereocenters. The van der Waals surface area contributed by atoms with Crippen LogP contribution in [0.5, 0.6) is 0 Å². The van der Waals surface area contributed by atoms with Crippen LogP contribution in [-0.2, 0) is 4.79 Å². The fourth-order valence-electron chi connectivity index (χ4n) is 1.55. The van der Waals surface area contributed by atoms with E-state index < -0.39 is 0 Å². The van der Waals surface area contributed by atoms with E-state index in [2.05, 4.69) is 4.99 Å². The summed E-state index contributed by atoms with van der Waals surface area (Å²) in [6, 6.07) is 5.17. The number of rotatable bonds is 2. The zero-order valence-corrected chi connectivity index (χ0v) is 11.4. The van der Waals surface area contributed by atoms with Crippen molar-refractivity contribution in [1.29, 1.82) is 0 Å². The number of benzene rings is 1. The predicted molar refractivity (Wildman–Crippen MR) is 74.4 cm³/mol. The molecule has 0 saturated carbocycles. The Labute approximate surface area is 114 Å². The van der Waals surface area contributed by atoms with Gasteiger partial charge in [0.05, 0.1) is 15.7 Å². The number of carbonyl (C=O) groups is 1. The van der Waals surface area contributed by atoms with Crippen molar-refractivity contribution < 1.29 is 4.79 Å². The predicted octanol–water partition coefficient (Wildman–Crippen LogP) is 3.45. The van der Waals surface area contributed by atoms with Crippen LogP contribution in [0, 0.1) is 0 Å². The van der Waals surface area contributed by atoms with Crippen molar-refractivity contribution in [2.75, 3.05) is 17.2 Å². The summed E-state index contributed by atoms with van der Waals surface area (Å²) < 4.78 is 0. The second-order valence-corrected chi connectivity index (χ2v) is 5.38. The van der Waals surface area contributed by atoms with Crippen molar-refractivity contribution in [1.82, 2.24) is 0 Å². The lowest BCUT2D eigenvalue weighted by molar-refractivity contribution is -0.115. The highest BCUT2D eigenvalue weighted by Gasteiger charge is 2.30. The van der Waals surface area contributed by atoms with Crippen molar-refractivity contribution in [2.45, 2.75) is 6.92 Å². The van der Waals surface area contributed by atoms with Gasteiger partial charge in [-0.25, -0.2) is 0 Å². The zero-order chi connectivity index (χ0) is 12.4. The number of hydrogen-bond donors (Lipinski definition) is 0. The molecule has 3 nitrogen and oxygen atoms in total. The number of para-hydroxylation sites is 1. The van der Waals surface area contributed by atoms with Crippen molar-refractivity contribution in [3.05, 3.63) is 28.2 Å². The van der Waals surface area contributed by atoms with Gasteiger partial charge in [-0.3, -0.25) is 14.7 Å². The lowest BCUT2D eigenvalue weighted by Crippen LogP contribution is -2.31. The minimum Gasteiger partial charge on any atom is -0.272 e. The fraction of sp³-hybridized carbons (Fsp3) is 0.273. The van der Waals surface area contributed by atoms with Gasteiger partial charge < -0.3 is 0 Å². The highest BCUT2D eigenvalue weighted by atomic mass is 35.5. The number of halogens is 2. The Hall–Kier alpha value is -0.710. The Morgan fingerprint density at radius 2 is 2.06 bits per heavy atom. The standard InChI is InChI=1S/C11H10Cl2N2OS/c1-2-17-11-14-6-9(16)15(11)10-7(12)4-3-5-8(10)13/h3-5H,2,6H2,1H3. The summed E-state index contributed by atoms with van der Waals surface area (Å²) in [5.41, 5.74) is 0.526. The third-order valence-electron chi connectivity index (χ3n) is 2.22. The van der Waals surface area contributed by atoms with Gasteiger partial charge in [0.2, 0.25) is 0 Å². The molecule has 0 spiro atoms. The van der Waals surface area contributed by atoms with Crippen LogP contribution in [0.15, 0.2) is 23.2 Å². The minimum absolute atomic E-state index is 0.101. The van der Waals surface area contributed by atoms with E-state index in [9.17, 15) is 4.79 Å². The van der Waals surface area contributed by atoms with Crippen LogP contribution in [-0.4, -0.2) is 23.4 Å². The molecule has 1 heterocycles. The topological polar surface area (TPSA) is 32.7 Å². The van der Waals surface area contributed by atoms with Gasteiger partial charge in [0, 0.05) is 0 Å². The quantitative estimate of drug-likeness (QED) is 0.835. The molecular weight excluding hydrogens is 279 g/mol. The monoisotopic (exact) mass is 288 g/mol. The molecule has 90 valence electrons. The van der Waals surface area contributed by atoms with Gasteiger partial charge >= 0.3 is 0 Å². The van der Waals surface area contributed by atoms with E-state index in [0.717, 1.165) is 5.75 Å². The molecular formula is C11H10Cl2N2OS. The molecule has 1 aromatic carbocycles. The van der Waals surface area contributed by atoms with Crippen molar-refractivity contribution >= 4 is 51.7 Å². The van der Waals surface area contributed by atoms with E-state index in [1.54, 1.807) is 18.2 Å². The molecule has 0 saturated heterocycles. The SMILES string of the molecule is CCSC1=NCC(=O)N1c1c(Cl)cccc1Cl. The molecule has 1 aliphatic heterocycles. The average molecular weight is 289 g/mol. The highest BCUT2D eigenvalue weighted by Crippen LogP contribution is 2.36. The van der Waals surface area contributed by atoms with Crippen LogP contribution < -0.4 is 4.90 Å². The van der Waals surface area contributed by atoms with Gasteiger partial charge in [0.25, 0.3) is 5.91 Å². The fourth-order valence-corrected chi connectivity index (χ4v) is 2.85. The maximum atomic E-state index is 11.8. The highest BCUT2D eigenvalue weighted by molar-refractivity contribution is 8.14. The lowest BCUT2D eigenvalue weighted by Gasteiger charge is -2.20. The van der Waals surface area contributed by atoms with Crippen molar-refractivity contribution in [3.63, 3.8) is 0 Å². The normalized spacial score (nSPS) is 15.4. The first-order valence-electron chi connectivity index (χ1n) is 5.09. The van der Waals surface area contributed by atoms with Crippen LogP contribution in [0.3, 0.4) is 0 Å². The largest absolute Gasteiger partial charge is 0.272 e. The molecule has 2 rings (SSSR count). The van der Waals surface area contributed by atoms with Gasteiger partial charge in [-0.2, -0.15) is 0 Å².